The van der Waals surface area contributed by atoms with Crippen LogP contribution in [0.5, 0.6) is 11.5 Å². The molecule has 1 aromatic rings. The number of nitrogens with zero attached hydrogens (tertiary/aromatic N) is 1. The summed E-state index contributed by atoms with van der Waals surface area (Å²) in [4.78, 5) is 37.5. The van der Waals surface area contributed by atoms with E-state index in [1.165, 1.54) is 6.92 Å². The maximum absolute atomic E-state index is 11.9. The van der Waals surface area contributed by atoms with Gasteiger partial charge in [0.2, 0.25) is 5.91 Å². The number of nitrogens with one attached hydrogen (secondary N) is 2. The molecule has 0 saturated carbocycles. The number of carbonyl (C=O) groups is 2. The van der Waals surface area contributed by atoms with Gasteiger partial charge in [0.1, 0.15) is 24.2 Å². The summed E-state index contributed by atoms with van der Waals surface area (Å²) in [6.07, 6.45) is 0.378. The molecule has 0 aliphatic heterocycles. The first kappa shape index (κ1) is 29.1. The van der Waals surface area contributed by atoms with E-state index in [2.05, 4.69) is 15.5 Å². The molecule has 11 heteroatoms. The van der Waals surface area contributed by atoms with Crippen molar-refractivity contribution in [1.29, 1.82) is 0 Å². The number of amides is 1. The third-order valence-corrected chi connectivity index (χ3v) is 5.19. The standard InChI is InChI=1S/C23H37N3O8/c1-15-11-20(16(2)17(3)22(15)34-18(4)27)32-13-19(28)12-25-23(5,6)14-24-21(29)9-7-8-10-33-26(30)31/h11,19,25,28H,7-10,12-14H2,1-6H3,(H,24,29). The summed E-state index contributed by atoms with van der Waals surface area (Å²) in [6, 6.07) is 1.78. The zero-order chi connectivity index (χ0) is 25.9. The number of benzene rings is 1. The first-order valence-electron chi connectivity index (χ1n) is 11.2. The number of β-amino-alcohol motifs (C(OH)–C–C–N with tert-alkyl or cyclic N) is 1. The number of hydrogen-bond acceptors (Lipinski definition) is 9. The second kappa shape index (κ2) is 13.7. The highest BCUT2D eigenvalue weighted by Crippen LogP contribution is 2.33. The Hall–Kier alpha value is -2.92. The van der Waals surface area contributed by atoms with Crippen molar-refractivity contribution >= 4 is 11.9 Å². The van der Waals surface area contributed by atoms with E-state index in [1.807, 2.05) is 34.6 Å². The van der Waals surface area contributed by atoms with Gasteiger partial charge in [0.25, 0.3) is 5.09 Å². The predicted molar refractivity (Wildman–Crippen MR) is 125 cm³/mol. The molecule has 0 saturated heterocycles. The molecule has 1 atom stereocenters. The molecule has 0 aromatic heterocycles. The number of aliphatic hydroxyl groups excluding tert-OH is 1. The molecule has 1 amide bonds. The summed E-state index contributed by atoms with van der Waals surface area (Å²) in [7, 11) is 0. The van der Waals surface area contributed by atoms with E-state index < -0.39 is 16.7 Å². The lowest BCUT2D eigenvalue weighted by atomic mass is 10.0. The molecule has 34 heavy (non-hydrogen) atoms. The van der Waals surface area contributed by atoms with Crippen LogP contribution in [0.4, 0.5) is 0 Å². The normalized spacial score (nSPS) is 12.1. The molecule has 0 aliphatic carbocycles. The predicted octanol–water partition coefficient (Wildman–Crippen LogP) is 2.14. The van der Waals surface area contributed by atoms with Crippen molar-refractivity contribution in [1.82, 2.24) is 10.6 Å². The fourth-order valence-electron chi connectivity index (χ4n) is 3.11. The van der Waals surface area contributed by atoms with Crippen molar-refractivity contribution in [3.63, 3.8) is 0 Å². The lowest BCUT2D eigenvalue weighted by molar-refractivity contribution is -0.757. The third-order valence-electron chi connectivity index (χ3n) is 5.19. The van der Waals surface area contributed by atoms with Crippen LogP contribution >= 0.6 is 0 Å². The number of aliphatic hydroxyl groups is 1. The molecule has 1 rings (SSSR count). The molecular formula is C23H37N3O8. The lowest BCUT2D eigenvalue weighted by Crippen LogP contribution is -2.51. The largest absolute Gasteiger partial charge is 0.491 e. The van der Waals surface area contributed by atoms with E-state index in [9.17, 15) is 24.8 Å². The number of unbranched alkanes of at least 4 members (excludes halogenated alkanes) is 1. The van der Waals surface area contributed by atoms with E-state index in [-0.39, 0.29) is 38.1 Å². The van der Waals surface area contributed by atoms with E-state index in [0.717, 1.165) is 16.7 Å². The zero-order valence-corrected chi connectivity index (χ0v) is 20.9. The molecule has 11 nitrogen and oxygen atoms in total. The minimum absolute atomic E-state index is 0.0255. The summed E-state index contributed by atoms with van der Waals surface area (Å²) in [5, 5.41) is 25.6. The molecule has 0 fully saturated rings. The van der Waals surface area contributed by atoms with Gasteiger partial charge < -0.3 is 30.1 Å². The summed E-state index contributed by atoms with van der Waals surface area (Å²) in [6.45, 7) is 11.3. The Kier molecular flexibility index (Phi) is 11.7. The van der Waals surface area contributed by atoms with Gasteiger partial charge in [0, 0.05) is 32.0 Å². The van der Waals surface area contributed by atoms with Crippen LogP contribution in [-0.2, 0) is 14.4 Å². The quantitative estimate of drug-likeness (QED) is 0.112. The maximum atomic E-state index is 11.9. The number of ether oxygens (including phenoxy) is 2. The number of esters is 1. The summed E-state index contributed by atoms with van der Waals surface area (Å²) in [5.74, 6) is 0.591. The Balaban J connectivity index is 2.43. The van der Waals surface area contributed by atoms with Crippen LogP contribution in [0.1, 0.15) is 56.7 Å². The molecule has 1 aromatic carbocycles. The van der Waals surface area contributed by atoms with E-state index in [0.29, 0.717) is 30.9 Å². The van der Waals surface area contributed by atoms with Gasteiger partial charge in [-0.15, -0.1) is 10.1 Å². The molecule has 0 bridgehead atoms. The van der Waals surface area contributed by atoms with Gasteiger partial charge in [-0.05, 0) is 70.2 Å². The van der Waals surface area contributed by atoms with Crippen LogP contribution in [0.3, 0.4) is 0 Å². The first-order chi connectivity index (χ1) is 15.8. The molecular weight excluding hydrogens is 446 g/mol. The summed E-state index contributed by atoms with van der Waals surface area (Å²) >= 11 is 0. The first-order valence-corrected chi connectivity index (χ1v) is 11.2. The van der Waals surface area contributed by atoms with E-state index >= 15 is 0 Å². The molecule has 0 aliphatic rings. The van der Waals surface area contributed by atoms with Crippen molar-refractivity contribution in [2.24, 2.45) is 0 Å². The van der Waals surface area contributed by atoms with Gasteiger partial charge in [-0.2, -0.15) is 0 Å². The van der Waals surface area contributed by atoms with Crippen LogP contribution in [-0.4, -0.2) is 60.0 Å². The molecule has 0 spiro atoms. The van der Waals surface area contributed by atoms with Crippen LogP contribution in [0.2, 0.25) is 0 Å². The zero-order valence-electron chi connectivity index (χ0n) is 20.9. The van der Waals surface area contributed by atoms with Gasteiger partial charge >= 0.3 is 5.97 Å². The van der Waals surface area contributed by atoms with Crippen LogP contribution in [0, 0.1) is 30.9 Å². The van der Waals surface area contributed by atoms with Gasteiger partial charge in [0.05, 0.1) is 6.61 Å². The molecule has 0 radical (unpaired) electrons. The molecule has 0 heterocycles. The minimum atomic E-state index is -0.849. The van der Waals surface area contributed by atoms with Gasteiger partial charge in [-0.1, -0.05) is 0 Å². The highest BCUT2D eigenvalue weighted by atomic mass is 16.9. The van der Waals surface area contributed by atoms with Gasteiger partial charge in [0.15, 0.2) is 0 Å². The fraction of sp³-hybridized carbons (Fsp3) is 0.652. The molecule has 1 unspecified atom stereocenters. The van der Waals surface area contributed by atoms with Crippen molar-refractivity contribution in [3.05, 3.63) is 32.9 Å². The number of aryl methyl sites for hydroxylation is 1. The highest BCUT2D eigenvalue weighted by molar-refractivity contribution is 5.75. The topological polar surface area (TPSA) is 149 Å². The summed E-state index contributed by atoms with van der Waals surface area (Å²) in [5.41, 5.74) is 1.93. The second-order valence-electron chi connectivity index (χ2n) is 8.88. The fourth-order valence-corrected chi connectivity index (χ4v) is 3.11. The van der Waals surface area contributed by atoms with Gasteiger partial charge in [-0.25, -0.2) is 0 Å². The Morgan fingerprint density at radius 3 is 2.50 bits per heavy atom. The van der Waals surface area contributed by atoms with Crippen LogP contribution in [0.15, 0.2) is 6.07 Å². The lowest BCUT2D eigenvalue weighted by Gasteiger charge is -2.28. The van der Waals surface area contributed by atoms with Crippen LogP contribution in [0.25, 0.3) is 0 Å². The monoisotopic (exact) mass is 483 g/mol. The molecule has 3 N–H and O–H groups in total. The number of hydrogen-bond donors (Lipinski definition) is 3. The second-order valence-corrected chi connectivity index (χ2v) is 8.88. The van der Waals surface area contributed by atoms with E-state index in [4.69, 9.17) is 9.47 Å². The third kappa shape index (κ3) is 10.8. The Bertz CT molecular complexity index is 857. The Labute approximate surface area is 200 Å². The highest BCUT2D eigenvalue weighted by Gasteiger charge is 2.20. The molecule has 192 valence electrons. The maximum Gasteiger partial charge on any atom is 0.308 e. The number of rotatable bonds is 15. The average Bonchev–Trinajstić information content (AvgIpc) is 2.75. The average molecular weight is 484 g/mol. The van der Waals surface area contributed by atoms with Crippen molar-refractivity contribution < 1.29 is 34.1 Å². The summed E-state index contributed by atoms with van der Waals surface area (Å²) < 4.78 is 11.1. The van der Waals surface area contributed by atoms with Crippen molar-refractivity contribution in [2.75, 3.05) is 26.3 Å². The van der Waals surface area contributed by atoms with Crippen molar-refractivity contribution in [3.8, 4) is 11.5 Å². The Morgan fingerprint density at radius 1 is 1.21 bits per heavy atom. The minimum Gasteiger partial charge on any atom is -0.491 e. The smallest absolute Gasteiger partial charge is 0.308 e. The van der Waals surface area contributed by atoms with Gasteiger partial charge in [-0.3, -0.25) is 9.59 Å². The van der Waals surface area contributed by atoms with Crippen LogP contribution < -0.4 is 20.1 Å². The number of carbonyl (C=O) groups excluding carboxylic acids is 2. The SMILES string of the molecule is CC(=O)Oc1c(C)cc(OCC(O)CNC(C)(C)CNC(=O)CCCCO[N+](=O)[O-])c(C)c1C. The van der Waals surface area contributed by atoms with Crippen molar-refractivity contribution in [2.45, 2.75) is 72.4 Å². The van der Waals surface area contributed by atoms with E-state index in [1.54, 1.807) is 6.07 Å². The Morgan fingerprint density at radius 2 is 1.88 bits per heavy atom.